The van der Waals surface area contributed by atoms with Gasteiger partial charge in [-0.1, -0.05) is 0 Å². The minimum atomic E-state index is -1.55. The summed E-state index contributed by atoms with van der Waals surface area (Å²) in [7, 11) is 0. The van der Waals surface area contributed by atoms with Gasteiger partial charge in [-0.25, -0.2) is 4.98 Å². The number of carboxylic acid groups (broad SMARTS) is 2. The molecule has 0 atom stereocenters. The van der Waals surface area contributed by atoms with Crippen molar-refractivity contribution in [2.24, 2.45) is 0 Å². The van der Waals surface area contributed by atoms with E-state index in [9.17, 15) is 19.8 Å². The molecule has 1 rings (SSSR count). The zero-order valence-corrected chi connectivity index (χ0v) is 10.6. The summed E-state index contributed by atoms with van der Waals surface area (Å²) in [5.74, 6) is -3.08. The average molecular weight is 284 g/mol. The number of hydrogen-bond donors (Lipinski definition) is 0. The molecular weight excluding hydrogens is 282 g/mol. The standard InChI is InChI=1S/C7H4BrNO4.Ca/c8-3-1-2-4(6(10)11)9-5(3)7(12)13;/h1-2H,(H,10,11)(H,12,13);/q;+2/p-2. The summed E-state index contributed by atoms with van der Waals surface area (Å²) in [6.45, 7) is 0. The van der Waals surface area contributed by atoms with Crippen LogP contribution in [-0.4, -0.2) is 54.7 Å². The second-order valence-electron chi connectivity index (χ2n) is 2.10. The van der Waals surface area contributed by atoms with E-state index >= 15 is 0 Å². The van der Waals surface area contributed by atoms with Crippen LogP contribution in [0.25, 0.3) is 0 Å². The Morgan fingerprint density at radius 3 is 2.21 bits per heavy atom. The Kier molecular flexibility index (Phi) is 5.58. The van der Waals surface area contributed by atoms with Crippen molar-refractivity contribution in [2.75, 3.05) is 0 Å². The van der Waals surface area contributed by atoms with Crippen LogP contribution >= 0.6 is 15.9 Å². The van der Waals surface area contributed by atoms with Crippen LogP contribution in [-0.2, 0) is 0 Å². The predicted octanol–water partition coefficient (Wildman–Crippen LogP) is -1.81. The molecule has 1 heterocycles. The van der Waals surface area contributed by atoms with Gasteiger partial charge >= 0.3 is 37.7 Å². The first-order chi connectivity index (χ1) is 6.02. The molecule has 0 aromatic carbocycles. The molecule has 0 aliphatic heterocycles. The van der Waals surface area contributed by atoms with E-state index in [1.165, 1.54) is 6.07 Å². The van der Waals surface area contributed by atoms with E-state index in [-0.39, 0.29) is 42.2 Å². The van der Waals surface area contributed by atoms with Gasteiger partial charge in [-0.15, -0.1) is 0 Å². The van der Waals surface area contributed by atoms with E-state index in [2.05, 4.69) is 20.9 Å². The van der Waals surface area contributed by atoms with Gasteiger partial charge in [-0.05, 0) is 28.1 Å². The Bertz CT molecular complexity index is 382. The number of carbonyl (C=O) groups excluding carboxylic acids is 2. The molecule has 0 aliphatic rings. The second-order valence-corrected chi connectivity index (χ2v) is 2.96. The first-order valence-corrected chi connectivity index (χ1v) is 3.91. The molecule has 0 spiro atoms. The number of aromatic carboxylic acids is 2. The number of aromatic nitrogens is 1. The van der Waals surface area contributed by atoms with Crippen LogP contribution in [0.2, 0.25) is 0 Å². The molecule has 0 aliphatic carbocycles. The summed E-state index contributed by atoms with van der Waals surface area (Å²) in [6, 6.07) is 2.38. The van der Waals surface area contributed by atoms with Crippen LogP contribution < -0.4 is 10.2 Å². The third-order valence-electron chi connectivity index (χ3n) is 1.25. The SMILES string of the molecule is O=C([O-])c1ccc(Br)c(C(=O)[O-])n1.[Ca+2]. The summed E-state index contributed by atoms with van der Waals surface area (Å²) in [6.07, 6.45) is 0. The van der Waals surface area contributed by atoms with E-state index in [1.807, 2.05) is 0 Å². The summed E-state index contributed by atoms with van der Waals surface area (Å²) in [4.78, 5) is 24.0. The summed E-state index contributed by atoms with van der Waals surface area (Å²) in [5.41, 5.74) is -0.899. The van der Waals surface area contributed by atoms with Crippen molar-refractivity contribution in [3.63, 3.8) is 0 Å². The van der Waals surface area contributed by atoms with Crippen LogP contribution in [0.15, 0.2) is 16.6 Å². The maximum Gasteiger partial charge on any atom is 2.00 e. The number of rotatable bonds is 2. The van der Waals surface area contributed by atoms with Gasteiger partial charge in [0.25, 0.3) is 0 Å². The van der Waals surface area contributed by atoms with Crippen LogP contribution in [0.5, 0.6) is 0 Å². The Labute approximate surface area is 117 Å². The first kappa shape index (κ1) is 13.8. The molecule has 0 bridgehead atoms. The van der Waals surface area contributed by atoms with E-state index in [0.29, 0.717) is 0 Å². The topological polar surface area (TPSA) is 93.1 Å². The zero-order chi connectivity index (χ0) is 10.0. The molecule has 1 aromatic heterocycles. The van der Waals surface area contributed by atoms with E-state index in [1.54, 1.807) is 0 Å². The number of carboxylic acids is 2. The van der Waals surface area contributed by atoms with Crippen molar-refractivity contribution in [1.29, 1.82) is 0 Å². The van der Waals surface area contributed by atoms with Gasteiger partial charge in [-0.2, -0.15) is 0 Å². The summed E-state index contributed by atoms with van der Waals surface area (Å²) in [5, 5.41) is 20.7. The maximum absolute atomic E-state index is 10.4. The van der Waals surface area contributed by atoms with Gasteiger partial charge in [0.15, 0.2) is 0 Å². The largest absolute Gasteiger partial charge is 2.00 e. The molecule has 7 heteroatoms. The number of pyridine rings is 1. The van der Waals surface area contributed by atoms with E-state index < -0.39 is 23.3 Å². The Hall–Kier alpha value is -0.170. The molecule has 1 aromatic rings. The fraction of sp³-hybridized carbons (Fsp3) is 0. The number of carbonyl (C=O) groups is 2. The Morgan fingerprint density at radius 1 is 1.21 bits per heavy atom. The zero-order valence-electron chi connectivity index (χ0n) is 6.82. The van der Waals surface area contributed by atoms with Gasteiger partial charge in [0.1, 0.15) is 5.69 Å². The fourth-order valence-electron chi connectivity index (χ4n) is 0.699. The molecule has 0 unspecified atom stereocenters. The summed E-state index contributed by atoms with van der Waals surface area (Å²) < 4.78 is 0.164. The molecule has 68 valence electrons. The van der Waals surface area contributed by atoms with Crippen molar-refractivity contribution < 1.29 is 19.8 Å². The fourth-order valence-corrected chi connectivity index (χ4v) is 1.08. The quantitative estimate of drug-likeness (QED) is 0.597. The number of halogens is 1. The van der Waals surface area contributed by atoms with Crippen LogP contribution in [0.4, 0.5) is 0 Å². The minimum Gasteiger partial charge on any atom is -0.543 e. The molecule has 5 nitrogen and oxygen atoms in total. The molecule has 0 amide bonds. The normalized spacial score (nSPS) is 8.93. The van der Waals surface area contributed by atoms with Gasteiger partial charge < -0.3 is 19.8 Å². The molecule has 14 heavy (non-hydrogen) atoms. The molecular formula is C7H2BrCaNO4. The van der Waals surface area contributed by atoms with Crippen molar-refractivity contribution in [3.05, 3.63) is 28.0 Å². The van der Waals surface area contributed by atoms with E-state index in [0.717, 1.165) is 6.07 Å². The molecule has 0 saturated carbocycles. The van der Waals surface area contributed by atoms with Crippen LogP contribution in [0.1, 0.15) is 21.0 Å². The smallest absolute Gasteiger partial charge is 0.543 e. The van der Waals surface area contributed by atoms with Gasteiger partial charge in [0, 0.05) is 4.47 Å². The monoisotopic (exact) mass is 283 g/mol. The third-order valence-corrected chi connectivity index (χ3v) is 1.89. The van der Waals surface area contributed by atoms with Crippen molar-refractivity contribution in [2.45, 2.75) is 0 Å². The number of nitrogens with zero attached hydrogens (tertiary/aromatic N) is 1. The van der Waals surface area contributed by atoms with Crippen LogP contribution in [0, 0.1) is 0 Å². The van der Waals surface area contributed by atoms with E-state index in [4.69, 9.17) is 0 Å². The molecule has 0 saturated heterocycles. The molecule has 0 fully saturated rings. The molecule has 0 radical (unpaired) electrons. The Morgan fingerprint density at radius 2 is 1.79 bits per heavy atom. The summed E-state index contributed by atoms with van der Waals surface area (Å²) >= 11 is 2.88. The second kappa shape index (κ2) is 5.65. The van der Waals surface area contributed by atoms with Crippen molar-refractivity contribution in [1.82, 2.24) is 4.98 Å². The van der Waals surface area contributed by atoms with Gasteiger partial charge in [0.05, 0.1) is 17.6 Å². The third kappa shape index (κ3) is 3.20. The predicted molar refractivity (Wildman–Crippen MR) is 46.4 cm³/mol. The van der Waals surface area contributed by atoms with Crippen LogP contribution in [0.3, 0.4) is 0 Å². The maximum atomic E-state index is 10.4. The Balaban J connectivity index is 0.00000169. The first-order valence-electron chi connectivity index (χ1n) is 3.11. The van der Waals surface area contributed by atoms with Gasteiger partial charge in [0.2, 0.25) is 0 Å². The van der Waals surface area contributed by atoms with Gasteiger partial charge in [-0.3, -0.25) is 0 Å². The van der Waals surface area contributed by atoms with Crippen molar-refractivity contribution >= 4 is 65.6 Å². The number of hydrogen-bond acceptors (Lipinski definition) is 5. The minimum absolute atomic E-state index is 0. The molecule has 0 N–H and O–H groups in total. The van der Waals surface area contributed by atoms with Crippen molar-refractivity contribution in [3.8, 4) is 0 Å². The average Bonchev–Trinajstić information content (AvgIpc) is 2.04.